The van der Waals surface area contributed by atoms with E-state index in [1.165, 1.54) is 0 Å². The van der Waals surface area contributed by atoms with Gasteiger partial charge in [0.1, 0.15) is 17.3 Å². The summed E-state index contributed by atoms with van der Waals surface area (Å²) in [6.45, 7) is 8.97. The first kappa shape index (κ1) is 27.9. The molecule has 3 fully saturated rings. The molecule has 7 heteroatoms. The van der Waals surface area contributed by atoms with Gasteiger partial charge >= 0.3 is 0 Å². The fourth-order valence-electron chi connectivity index (χ4n) is 6.19. The Labute approximate surface area is 208 Å². The second kappa shape index (κ2) is 14.2. The van der Waals surface area contributed by atoms with Crippen LogP contribution in [-0.2, 0) is 14.4 Å². The maximum atomic E-state index is 12.8. The predicted molar refractivity (Wildman–Crippen MR) is 140 cm³/mol. The van der Waals surface area contributed by atoms with E-state index in [0.717, 1.165) is 96.3 Å². The molecule has 0 amide bonds. The Morgan fingerprint density at radius 1 is 0.559 bits per heavy atom. The summed E-state index contributed by atoms with van der Waals surface area (Å²) in [4.78, 5) is 45.7. The number of hydrogen-bond donors (Lipinski definition) is 0. The first-order valence-electron chi connectivity index (χ1n) is 14.0. The van der Waals surface area contributed by atoms with E-state index in [4.69, 9.17) is 0 Å². The lowest BCUT2D eigenvalue weighted by atomic mass is 9.98. The molecule has 3 aliphatic heterocycles. The van der Waals surface area contributed by atoms with Crippen LogP contribution in [0.2, 0.25) is 0 Å². The highest BCUT2D eigenvalue weighted by atomic mass is 31.1. The van der Waals surface area contributed by atoms with Crippen LogP contribution in [0, 0.1) is 0 Å². The van der Waals surface area contributed by atoms with E-state index in [0.29, 0.717) is 36.6 Å². The van der Waals surface area contributed by atoms with Gasteiger partial charge in [-0.05, 0) is 58.2 Å². The van der Waals surface area contributed by atoms with Gasteiger partial charge in [0.05, 0.1) is 18.1 Å². The number of Topliss-reactive ketones (excluding diaryl/α,β-unsaturated/α-hetero) is 3. The molecule has 0 bridgehead atoms. The molecule has 0 aromatic heterocycles. The Kier molecular flexibility index (Phi) is 11.6. The van der Waals surface area contributed by atoms with E-state index in [9.17, 15) is 14.4 Å². The zero-order valence-electron chi connectivity index (χ0n) is 22.0. The number of ketones is 3. The van der Waals surface area contributed by atoms with Crippen molar-refractivity contribution in [3.63, 3.8) is 0 Å². The van der Waals surface area contributed by atoms with Crippen LogP contribution in [0.4, 0.5) is 0 Å². The van der Waals surface area contributed by atoms with Crippen molar-refractivity contribution in [1.82, 2.24) is 14.7 Å². The monoisotopic (exact) mass is 493 g/mol. The molecule has 0 saturated carbocycles. The molecule has 3 saturated heterocycles. The molecule has 3 aliphatic rings. The molecule has 0 spiro atoms. The first-order chi connectivity index (χ1) is 16.5. The average Bonchev–Trinajstić information content (AvgIpc) is 2.88. The average molecular weight is 494 g/mol. The van der Waals surface area contributed by atoms with Gasteiger partial charge in [-0.2, -0.15) is 0 Å². The van der Waals surface area contributed by atoms with Crippen LogP contribution in [-0.4, -0.2) is 88.7 Å². The zero-order chi connectivity index (χ0) is 24.5. The number of carbonyl (C=O) groups is 3. The van der Waals surface area contributed by atoms with Gasteiger partial charge in [0, 0.05) is 38.1 Å². The van der Waals surface area contributed by atoms with Crippen LogP contribution in [0.15, 0.2) is 0 Å². The molecule has 0 aromatic rings. The molecule has 0 aliphatic carbocycles. The summed E-state index contributed by atoms with van der Waals surface area (Å²) in [7, 11) is -0.477. The van der Waals surface area contributed by atoms with E-state index >= 15 is 0 Å². The van der Waals surface area contributed by atoms with Crippen molar-refractivity contribution in [3.05, 3.63) is 0 Å². The van der Waals surface area contributed by atoms with E-state index in [-0.39, 0.29) is 18.1 Å². The van der Waals surface area contributed by atoms with Crippen molar-refractivity contribution in [2.75, 3.05) is 38.5 Å². The Hall–Kier alpha value is -0.680. The fourth-order valence-corrected chi connectivity index (χ4v) is 9.01. The molecule has 3 heterocycles. The molecule has 0 aromatic carbocycles. The molecule has 0 N–H and O–H groups in total. The van der Waals surface area contributed by atoms with Gasteiger partial charge < -0.3 is 0 Å². The van der Waals surface area contributed by atoms with Crippen LogP contribution in [0.5, 0.6) is 0 Å². The topological polar surface area (TPSA) is 60.9 Å². The number of nitrogens with zero attached hydrogens (tertiary/aromatic N) is 3. The number of hydrogen-bond acceptors (Lipinski definition) is 6. The first-order valence-corrected chi connectivity index (χ1v) is 15.9. The fraction of sp³-hybridized carbons (Fsp3) is 0.889. The maximum absolute atomic E-state index is 12.8. The van der Waals surface area contributed by atoms with Crippen LogP contribution >= 0.6 is 7.92 Å². The van der Waals surface area contributed by atoms with Crippen molar-refractivity contribution < 1.29 is 14.4 Å². The Morgan fingerprint density at radius 3 is 1.12 bits per heavy atom. The number of rotatable bonds is 12. The van der Waals surface area contributed by atoms with Crippen LogP contribution in [0.3, 0.4) is 0 Å². The highest BCUT2D eigenvalue weighted by molar-refractivity contribution is 7.57. The third-order valence-electron chi connectivity index (χ3n) is 8.15. The lowest BCUT2D eigenvalue weighted by Gasteiger charge is -2.43. The lowest BCUT2D eigenvalue weighted by molar-refractivity contribution is -0.125. The largest absolute Gasteiger partial charge is 0.298 e. The summed E-state index contributed by atoms with van der Waals surface area (Å²) < 4.78 is 0. The van der Waals surface area contributed by atoms with E-state index < -0.39 is 7.92 Å². The second-order valence-electron chi connectivity index (χ2n) is 10.5. The molecule has 194 valence electrons. The second-order valence-corrected chi connectivity index (χ2v) is 12.7. The van der Waals surface area contributed by atoms with Crippen molar-refractivity contribution in [1.29, 1.82) is 0 Å². The normalized spacial score (nSPS) is 27.7. The minimum atomic E-state index is -0.477. The van der Waals surface area contributed by atoms with E-state index in [2.05, 4.69) is 14.7 Å². The molecule has 3 atom stereocenters. The Morgan fingerprint density at radius 2 is 0.853 bits per heavy atom. The molecule has 34 heavy (non-hydrogen) atoms. The Bertz CT molecular complexity index is 598. The van der Waals surface area contributed by atoms with Gasteiger partial charge in [-0.15, -0.1) is 0 Å². The van der Waals surface area contributed by atoms with E-state index in [1.807, 2.05) is 20.8 Å². The van der Waals surface area contributed by atoms with Gasteiger partial charge in [0.2, 0.25) is 0 Å². The quantitative estimate of drug-likeness (QED) is 0.363. The molecular formula is C27H48N3O3P. The summed E-state index contributed by atoms with van der Waals surface area (Å²) in [6.07, 6.45) is 14.6. The van der Waals surface area contributed by atoms with Gasteiger partial charge in [0.15, 0.2) is 0 Å². The zero-order valence-corrected chi connectivity index (χ0v) is 22.9. The smallest absolute Gasteiger partial charge is 0.149 e. The predicted octanol–water partition coefficient (Wildman–Crippen LogP) is 4.84. The SMILES string of the molecule is CCC(=O)[C@@H]1CCCCN1CP(CN1CCCC[C@H]1C(=O)CC)CN1CCCC[C@H]1C(=O)CC. The summed E-state index contributed by atoms with van der Waals surface area (Å²) in [5.41, 5.74) is 0. The highest BCUT2D eigenvalue weighted by Crippen LogP contribution is 2.43. The number of carbonyl (C=O) groups excluding carboxylic acids is 3. The minimum Gasteiger partial charge on any atom is -0.298 e. The van der Waals surface area contributed by atoms with Gasteiger partial charge in [-0.3, -0.25) is 29.1 Å². The molecule has 3 rings (SSSR count). The van der Waals surface area contributed by atoms with Crippen LogP contribution in [0.25, 0.3) is 0 Å². The van der Waals surface area contributed by atoms with Gasteiger partial charge in [0.25, 0.3) is 0 Å². The molecule has 6 nitrogen and oxygen atoms in total. The summed E-state index contributed by atoms with van der Waals surface area (Å²) in [6, 6.07) is 0.188. The number of likely N-dealkylation sites (tertiary alicyclic amines) is 3. The maximum Gasteiger partial charge on any atom is 0.149 e. The number of piperidine rings is 3. The standard InChI is InChI=1S/C27H48N3O3P/c1-4-25(31)22-13-7-10-16-28(22)19-34(20-29-17-11-8-14-23(29)26(32)5-2)21-30-18-12-9-15-24(30)27(33)6-3/h22-24H,4-21H2,1-3H3/t22-,23-,24-/m0/s1. The van der Waals surface area contributed by atoms with Crippen LogP contribution < -0.4 is 0 Å². The minimum absolute atomic E-state index is 0.0626. The van der Waals surface area contributed by atoms with Crippen molar-refractivity contribution in [3.8, 4) is 0 Å². The van der Waals surface area contributed by atoms with Crippen molar-refractivity contribution in [2.24, 2.45) is 0 Å². The molecule has 0 radical (unpaired) electrons. The molecule has 0 unspecified atom stereocenters. The van der Waals surface area contributed by atoms with Gasteiger partial charge in [-0.25, -0.2) is 0 Å². The van der Waals surface area contributed by atoms with E-state index in [1.54, 1.807) is 0 Å². The van der Waals surface area contributed by atoms with Crippen LogP contribution in [0.1, 0.15) is 97.8 Å². The van der Waals surface area contributed by atoms with Crippen molar-refractivity contribution >= 4 is 25.3 Å². The third kappa shape index (κ3) is 7.41. The summed E-state index contributed by atoms with van der Waals surface area (Å²) in [5.74, 6) is 1.14. The molecular weight excluding hydrogens is 445 g/mol. The highest BCUT2D eigenvalue weighted by Gasteiger charge is 2.35. The summed E-state index contributed by atoms with van der Waals surface area (Å²) >= 11 is 0. The third-order valence-corrected chi connectivity index (χ3v) is 10.4. The lowest BCUT2D eigenvalue weighted by Crippen LogP contribution is -2.49. The van der Waals surface area contributed by atoms with Crippen molar-refractivity contribution in [2.45, 2.75) is 116 Å². The van der Waals surface area contributed by atoms with Gasteiger partial charge in [-0.1, -0.05) is 48.0 Å². The Balaban J connectivity index is 1.79. The summed E-state index contributed by atoms with van der Waals surface area (Å²) in [5, 5.41) is 0.